The van der Waals surface area contributed by atoms with Gasteiger partial charge in [-0.3, -0.25) is 9.36 Å². The first-order chi connectivity index (χ1) is 16.8. The number of imidazole rings is 1. The van der Waals surface area contributed by atoms with Gasteiger partial charge in [0.25, 0.3) is 0 Å². The molecule has 9 nitrogen and oxygen atoms in total. The Morgan fingerprint density at radius 3 is 2.49 bits per heavy atom. The quantitative estimate of drug-likeness (QED) is 0.390. The summed E-state index contributed by atoms with van der Waals surface area (Å²) in [7, 11) is 0. The van der Waals surface area contributed by atoms with Gasteiger partial charge in [-0.2, -0.15) is 4.98 Å². The van der Waals surface area contributed by atoms with E-state index in [4.69, 9.17) is 5.73 Å². The van der Waals surface area contributed by atoms with Gasteiger partial charge in [-0.05, 0) is 57.1 Å². The van der Waals surface area contributed by atoms with Gasteiger partial charge >= 0.3 is 0 Å². The third-order valence-electron chi connectivity index (χ3n) is 6.97. The third kappa shape index (κ3) is 4.49. The summed E-state index contributed by atoms with van der Waals surface area (Å²) in [5.41, 5.74) is 5.60. The van der Waals surface area contributed by atoms with E-state index in [0.717, 1.165) is 18.9 Å². The molecule has 0 aliphatic heterocycles. The Morgan fingerprint density at radius 2 is 1.80 bits per heavy atom. The van der Waals surface area contributed by atoms with Crippen molar-refractivity contribution in [3.8, 4) is 0 Å². The molecule has 3 aromatic rings. The third-order valence-corrected chi connectivity index (χ3v) is 6.97. The van der Waals surface area contributed by atoms with Crippen LogP contribution in [0.1, 0.15) is 51.0 Å². The minimum Gasteiger partial charge on any atom is -0.391 e. The van der Waals surface area contributed by atoms with Crippen LogP contribution in [-0.4, -0.2) is 42.7 Å². The van der Waals surface area contributed by atoms with Crippen LogP contribution in [0.5, 0.6) is 0 Å². The fraction of sp³-hybridized carbons (Fsp3) is 0.478. The van der Waals surface area contributed by atoms with E-state index in [1.54, 1.807) is 4.57 Å². The van der Waals surface area contributed by atoms with Crippen LogP contribution in [0.15, 0.2) is 18.3 Å². The van der Waals surface area contributed by atoms with Crippen LogP contribution in [0.2, 0.25) is 0 Å². The van der Waals surface area contributed by atoms with Crippen LogP contribution in [0.25, 0.3) is 11.2 Å². The van der Waals surface area contributed by atoms with Crippen LogP contribution in [0.3, 0.4) is 0 Å². The molecule has 2 aromatic heterocycles. The van der Waals surface area contributed by atoms with Crippen molar-refractivity contribution in [2.45, 2.75) is 63.1 Å². The molecular weight excluding hydrogens is 463 g/mol. The molecular formula is C23H26F3N7O2. The highest BCUT2D eigenvalue weighted by atomic mass is 19.2. The van der Waals surface area contributed by atoms with Crippen molar-refractivity contribution in [3.05, 3.63) is 35.8 Å². The smallest absolute Gasteiger partial charge is 0.225 e. The van der Waals surface area contributed by atoms with E-state index in [1.165, 1.54) is 6.20 Å². The predicted molar refractivity (Wildman–Crippen MR) is 122 cm³/mol. The zero-order valence-corrected chi connectivity index (χ0v) is 18.8. The fourth-order valence-corrected chi connectivity index (χ4v) is 5.04. The van der Waals surface area contributed by atoms with Crippen LogP contribution in [0.4, 0.5) is 30.8 Å². The maximum Gasteiger partial charge on any atom is 0.225 e. The molecule has 1 aromatic carbocycles. The Morgan fingerprint density at radius 1 is 1.06 bits per heavy atom. The number of rotatable bonds is 6. The van der Waals surface area contributed by atoms with Gasteiger partial charge in [0.05, 0.1) is 18.3 Å². The second-order valence-corrected chi connectivity index (χ2v) is 9.21. The highest BCUT2D eigenvalue weighted by molar-refractivity contribution is 5.78. The van der Waals surface area contributed by atoms with E-state index >= 15 is 0 Å². The van der Waals surface area contributed by atoms with Crippen LogP contribution >= 0.6 is 0 Å². The number of nitrogens with zero attached hydrogens (tertiary/aromatic N) is 4. The number of aromatic nitrogens is 4. The highest BCUT2D eigenvalue weighted by Crippen LogP contribution is 2.37. The van der Waals surface area contributed by atoms with Crippen molar-refractivity contribution in [3.63, 3.8) is 0 Å². The molecule has 1 amide bonds. The largest absolute Gasteiger partial charge is 0.391 e. The Kier molecular flexibility index (Phi) is 6.22. The maximum atomic E-state index is 14.4. The summed E-state index contributed by atoms with van der Waals surface area (Å²) in [6.07, 6.45) is 5.58. The average molecular weight is 490 g/mol. The number of hydrogen-bond donors (Lipinski definition) is 4. The van der Waals surface area contributed by atoms with Crippen LogP contribution in [-0.2, 0) is 4.79 Å². The Balaban J connectivity index is 1.54. The van der Waals surface area contributed by atoms with Crippen molar-refractivity contribution in [2.24, 2.45) is 11.7 Å². The molecule has 2 fully saturated rings. The number of hydrogen-bond acceptors (Lipinski definition) is 7. The molecule has 5 rings (SSSR count). The van der Waals surface area contributed by atoms with Crippen LogP contribution < -0.4 is 16.4 Å². The summed E-state index contributed by atoms with van der Waals surface area (Å²) in [5.74, 6) is -3.74. The first kappa shape index (κ1) is 23.3. The first-order valence-electron chi connectivity index (χ1n) is 11.7. The van der Waals surface area contributed by atoms with Crippen molar-refractivity contribution in [2.75, 3.05) is 10.6 Å². The van der Waals surface area contributed by atoms with E-state index in [1.807, 2.05) is 0 Å². The highest BCUT2D eigenvalue weighted by Gasteiger charge is 2.30. The van der Waals surface area contributed by atoms with E-state index in [9.17, 15) is 23.1 Å². The second kappa shape index (κ2) is 9.33. The number of carbonyl (C=O) groups excluding carboxylic acids is 1. The van der Waals surface area contributed by atoms with Gasteiger partial charge < -0.3 is 21.5 Å². The molecule has 0 saturated heterocycles. The van der Waals surface area contributed by atoms with Gasteiger partial charge in [0.1, 0.15) is 17.0 Å². The lowest BCUT2D eigenvalue weighted by Gasteiger charge is -2.29. The fourth-order valence-electron chi connectivity index (χ4n) is 5.04. The van der Waals surface area contributed by atoms with Gasteiger partial charge in [-0.25, -0.2) is 23.1 Å². The zero-order valence-electron chi connectivity index (χ0n) is 18.8. The molecule has 0 spiro atoms. The summed E-state index contributed by atoms with van der Waals surface area (Å²) in [4.78, 5) is 25.0. The van der Waals surface area contributed by atoms with Gasteiger partial charge in [0, 0.05) is 12.0 Å². The van der Waals surface area contributed by atoms with Gasteiger partial charge in [-0.15, -0.1) is 0 Å². The van der Waals surface area contributed by atoms with Crippen molar-refractivity contribution < 1.29 is 23.1 Å². The molecule has 2 aliphatic carbocycles. The summed E-state index contributed by atoms with van der Waals surface area (Å²) >= 11 is 0. The number of benzene rings is 1. The number of fused-ring (bicyclic) bond motifs is 1. The lowest BCUT2D eigenvalue weighted by atomic mass is 9.85. The summed E-state index contributed by atoms with van der Waals surface area (Å²) in [6.45, 7) is 0. The zero-order chi connectivity index (χ0) is 24.7. The molecule has 0 bridgehead atoms. The van der Waals surface area contributed by atoms with Gasteiger partial charge in [0.15, 0.2) is 17.3 Å². The number of nitrogens with one attached hydrogen (secondary N) is 2. The molecule has 2 atom stereocenters. The lowest BCUT2D eigenvalue weighted by Crippen LogP contribution is -2.29. The van der Waals surface area contributed by atoms with Gasteiger partial charge in [-0.1, -0.05) is 0 Å². The number of anilines is 3. The van der Waals surface area contributed by atoms with Crippen molar-refractivity contribution in [1.82, 2.24) is 19.5 Å². The molecule has 2 heterocycles. The number of aliphatic hydroxyl groups excluding tert-OH is 1. The summed E-state index contributed by atoms with van der Waals surface area (Å²) in [6, 6.07) is 1.17. The van der Waals surface area contributed by atoms with E-state index < -0.39 is 29.2 Å². The minimum absolute atomic E-state index is 0.0817. The van der Waals surface area contributed by atoms with E-state index in [0.29, 0.717) is 55.3 Å². The molecule has 0 radical (unpaired) electrons. The second-order valence-electron chi connectivity index (χ2n) is 9.21. The average Bonchev–Trinajstić information content (AvgIpc) is 3.41. The van der Waals surface area contributed by atoms with Crippen LogP contribution in [0, 0.1) is 23.4 Å². The first-order valence-corrected chi connectivity index (χ1v) is 11.7. The molecule has 35 heavy (non-hydrogen) atoms. The number of carbonyl (C=O) groups is 1. The minimum atomic E-state index is -1.36. The Hall–Kier alpha value is -3.41. The Labute approximate surface area is 199 Å². The topological polar surface area (TPSA) is 131 Å². The molecule has 2 aliphatic rings. The summed E-state index contributed by atoms with van der Waals surface area (Å²) in [5, 5.41) is 15.9. The standard InChI is InChI=1S/C23H26F3N7O2/c24-13-8-9-14(25)19(18(13)26)31-23-30-16-10-28-22(29-15-2-1-3-17(15)34)32-21(16)33(23)12-6-4-11(5-7-12)20(27)35/h8-12,15,17,34H,1-7H2,(H2,27,35)(H,30,31)(H,28,29,32)/t11?,12?,15?,17-/m1/s1. The molecule has 186 valence electrons. The molecule has 1 unspecified atom stereocenters. The number of halogens is 3. The molecule has 5 N–H and O–H groups in total. The number of nitrogens with two attached hydrogens (primary N) is 1. The van der Waals surface area contributed by atoms with Gasteiger partial charge in [0.2, 0.25) is 17.8 Å². The van der Waals surface area contributed by atoms with E-state index in [2.05, 4.69) is 25.6 Å². The SMILES string of the molecule is NC(=O)C1CCC(n2c(Nc3c(F)ccc(F)c3F)nc3cnc(NC4CCC[C@H]4O)nc32)CC1. The number of amides is 1. The predicted octanol–water partition coefficient (Wildman–Crippen LogP) is 3.53. The molecule has 2 saturated carbocycles. The van der Waals surface area contributed by atoms with E-state index in [-0.39, 0.29) is 29.9 Å². The summed E-state index contributed by atoms with van der Waals surface area (Å²) < 4.78 is 44.3. The molecule has 12 heteroatoms. The van der Waals surface area contributed by atoms with Crippen molar-refractivity contribution in [1.29, 1.82) is 0 Å². The number of primary amides is 1. The Bertz CT molecular complexity index is 1260. The van der Waals surface area contributed by atoms with Crippen molar-refractivity contribution >= 4 is 34.7 Å². The maximum absolute atomic E-state index is 14.4. The monoisotopic (exact) mass is 489 g/mol. The number of aliphatic hydroxyl groups is 1. The normalized spacial score (nSPS) is 24.6. The lowest BCUT2D eigenvalue weighted by molar-refractivity contribution is -0.122.